The normalized spacial score (nSPS) is 17.4. The molecule has 3 nitrogen and oxygen atoms in total. The molecule has 0 bridgehead atoms. The Labute approximate surface area is 94.0 Å². The van der Waals surface area contributed by atoms with Gasteiger partial charge in [-0.3, -0.25) is 0 Å². The molecule has 0 amide bonds. The highest BCUT2D eigenvalue weighted by molar-refractivity contribution is 4.69. The second kappa shape index (κ2) is 9.13. The molecule has 1 aliphatic rings. The Morgan fingerprint density at radius 1 is 1.07 bits per heavy atom. The van der Waals surface area contributed by atoms with Crippen molar-refractivity contribution in [3.8, 4) is 0 Å². The van der Waals surface area contributed by atoms with E-state index < -0.39 is 0 Å². The van der Waals surface area contributed by atoms with Gasteiger partial charge in [-0.25, -0.2) is 0 Å². The molecule has 1 saturated carbocycles. The van der Waals surface area contributed by atoms with E-state index in [4.69, 9.17) is 4.74 Å². The van der Waals surface area contributed by atoms with E-state index in [1.165, 1.54) is 38.6 Å². The standard InChI is InChI=1S/C12H26N2O/c1-15-10-9-13-7-4-8-14-11-12-5-2-3-6-12/h12-14H,2-11H2,1H3. The lowest BCUT2D eigenvalue weighted by atomic mass is 10.1. The molecule has 0 aromatic rings. The second-order valence-corrected chi connectivity index (χ2v) is 4.45. The SMILES string of the molecule is COCCNCCCNCC1CCCC1. The van der Waals surface area contributed by atoms with Gasteiger partial charge in [0, 0.05) is 13.7 Å². The third kappa shape index (κ3) is 6.88. The molecule has 1 fully saturated rings. The van der Waals surface area contributed by atoms with Crippen LogP contribution in [0.1, 0.15) is 32.1 Å². The molecule has 90 valence electrons. The van der Waals surface area contributed by atoms with E-state index in [0.29, 0.717) is 0 Å². The summed E-state index contributed by atoms with van der Waals surface area (Å²) < 4.78 is 4.96. The smallest absolute Gasteiger partial charge is 0.0587 e. The van der Waals surface area contributed by atoms with E-state index in [1.807, 2.05) is 0 Å². The summed E-state index contributed by atoms with van der Waals surface area (Å²) >= 11 is 0. The Hall–Kier alpha value is -0.120. The van der Waals surface area contributed by atoms with E-state index in [1.54, 1.807) is 7.11 Å². The fourth-order valence-corrected chi connectivity index (χ4v) is 2.16. The van der Waals surface area contributed by atoms with Crippen molar-refractivity contribution in [3.63, 3.8) is 0 Å². The summed E-state index contributed by atoms with van der Waals surface area (Å²) in [6, 6.07) is 0. The molecule has 3 heteroatoms. The van der Waals surface area contributed by atoms with Crippen molar-refractivity contribution in [2.75, 3.05) is 39.9 Å². The van der Waals surface area contributed by atoms with Gasteiger partial charge in [0.25, 0.3) is 0 Å². The molecular weight excluding hydrogens is 188 g/mol. The minimum absolute atomic E-state index is 0.815. The monoisotopic (exact) mass is 214 g/mol. The lowest BCUT2D eigenvalue weighted by Gasteiger charge is -2.10. The van der Waals surface area contributed by atoms with Gasteiger partial charge in [0.15, 0.2) is 0 Å². The van der Waals surface area contributed by atoms with Crippen LogP contribution in [0.2, 0.25) is 0 Å². The lowest BCUT2D eigenvalue weighted by Crippen LogP contribution is -2.27. The molecule has 1 rings (SSSR count). The van der Waals surface area contributed by atoms with Crippen LogP contribution in [0, 0.1) is 5.92 Å². The molecule has 0 heterocycles. The summed E-state index contributed by atoms with van der Waals surface area (Å²) in [4.78, 5) is 0. The summed E-state index contributed by atoms with van der Waals surface area (Å²) in [5.41, 5.74) is 0. The number of hydrogen-bond acceptors (Lipinski definition) is 3. The Balaban J connectivity index is 1.73. The third-order valence-corrected chi connectivity index (χ3v) is 3.10. The largest absolute Gasteiger partial charge is 0.383 e. The fraction of sp³-hybridized carbons (Fsp3) is 1.00. The number of nitrogens with one attached hydrogen (secondary N) is 2. The highest BCUT2D eigenvalue weighted by atomic mass is 16.5. The van der Waals surface area contributed by atoms with Gasteiger partial charge < -0.3 is 15.4 Å². The molecule has 0 radical (unpaired) electrons. The summed E-state index contributed by atoms with van der Waals surface area (Å²) in [6.07, 6.45) is 7.00. The first-order valence-electron chi connectivity index (χ1n) is 6.34. The molecule has 0 aromatic carbocycles. The maximum Gasteiger partial charge on any atom is 0.0587 e. The maximum absolute atomic E-state index is 4.96. The molecule has 0 atom stereocenters. The average molecular weight is 214 g/mol. The van der Waals surface area contributed by atoms with E-state index in [0.717, 1.165) is 32.2 Å². The van der Waals surface area contributed by atoms with Crippen molar-refractivity contribution in [1.29, 1.82) is 0 Å². The molecule has 0 saturated heterocycles. The van der Waals surface area contributed by atoms with Crippen LogP contribution < -0.4 is 10.6 Å². The summed E-state index contributed by atoms with van der Waals surface area (Å²) in [6.45, 7) is 5.27. The number of ether oxygens (including phenoxy) is 1. The first-order chi connectivity index (χ1) is 7.43. The molecule has 0 aromatic heterocycles. The minimum Gasteiger partial charge on any atom is -0.383 e. The minimum atomic E-state index is 0.815. The van der Waals surface area contributed by atoms with Crippen molar-refractivity contribution in [3.05, 3.63) is 0 Å². The number of rotatable bonds is 9. The molecule has 15 heavy (non-hydrogen) atoms. The van der Waals surface area contributed by atoms with Crippen molar-refractivity contribution >= 4 is 0 Å². The zero-order chi connectivity index (χ0) is 10.8. The van der Waals surface area contributed by atoms with Crippen molar-refractivity contribution in [2.45, 2.75) is 32.1 Å². The predicted molar refractivity (Wildman–Crippen MR) is 64.2 cm³/mol. The first-order valence-corrected chi connectivity index (χ1v) is 6.34. The summed E-state index contributed by atoms with van der Waals surface area (Å²) in [7, 11) is 1.74. The summed E-state index contributed by atoms with van der Waals surface area (Å²) in [5.74, 6) is 0.964. The van der Waals surface area contributed by atoms with Crippen LogP contribution in [0.25, 0.3) is 0 Å². The molecular formula is C12H26N2O. The maximum atomic E-state index is 4.96. The van der Waals surface area contributed by atoms with E-state index in [2.05, 4.69) is 10.6 Å². The van der Waals surface area contributed by atoms with Gasteiger partial charge in [0.2, 0.25) is 0 Å². The van der Waals surface area contributed by atoms with Crippen LogP contribution in [0.5, 0.6) is 0 Å². The Bertz CT molecular complexity index is 136. The topological polar surface area (TPSA) is 33.3 Å². The zero-order valence-electron chi connectivity index (χ0n) is 10.1. The molecule has 0 aliphatic heterocycles. The van der Waals surface area contributed by atoms with Crippen molar-refractivity contribution in [1.82, 2.24) is 10.6 Å². The van der Waals surface area contributed by atoms with Gasteiger partial charge in [-0.15, -0.1) is 0 Å². The third-order valence-electron chi connectivity index (χ3n) is 3.10. The van der Waals surface area contributed by atoms with Crippen LogP contribution in [-0.2, 0) is 4.74 Å². The van der Waals surface area contributed by atoms with E-state index >= 15 is 0 Å². The van der Waals surface area contributed by atoms with Crippen LogP contribution in [0.3, 0.4) is 0 Å². The van der Waals surface area contributed by atoms with Crippen molar-refractivity contribution in [2.24, 2.45) is 5.92 Å². The van der Waals surface area contributed by atoms with Crippen LogP contribution in [-0.4, -0.2) is 39.9 Å². The van der Waals surface area contributed by atoms with Crippen molar-refractivity contribution < 1.29 is 4.74 Å². The van der Waals surface area contributed by atoms with Gasteiger partial charge in [-0.05, 0) is 44.8 Å². The van der Waals surface area contributed by atoms with Crippen LogP contribution in [0.4, 0.5) is 0 Å². The van der Waals surface area contributed by atoms with Gasteiger partial charge >= 0.3 is 0 Å². The van der Waals surface area contributed by atoms with Crippen LogP contribution in [0.15, 0.2) is 0 Å². The Morgan fingerprint density at radius 3 is 2.53 bits per heavy atom. The van der Waals surface area contributed by atoms with Gasteiger partial charge in [0.1, 0.15) is 0 Å². The molecule has 2 N–H and O–H groups in total. The second-order valence-electron chi connectivity index (χ2n) is 4.45. The fourth-order valence-electron chi connectivity index (χ4n) is 2.16. The number of hydrogen-bond donors (Lipinski definition) is 2. The Kier molecular flexibility index (Phi) is 7.88. The van der Waals surface area contributed by atoms with Gasteiger partial charge in [0.05, 0.1) is 6.61 Å². The summed E-state index contributed by atoms with van der Waals surface area (Å²) in [5, 5.41) is 6.90. The average Bonchev–Trinajstić information content (AvgIpc) is 2.75. The lowest BCUT2D eigenvalue weighted by molar-refractivity contribution is 0.199. The highest BCUT2D eigenvalue weighted by Gasteiger charge is 2.13. The quantitative estimate of drug-likeness (QED) is 0.569. The van der Waals surface area contributed by atoms with Gasteiger partial charge in [-0.1, -0.05) is 12.8 Å². The van der Waals surface area contributed by atoms with Crippen LogP contribution >= 0.6 is 0 Å². The molecule has 0 unspecified atom stereocenters. The highest BCUT2D eigenvalue weighted by Crippen LogP contribution is 2.23. The van der Waals surface area contributed by atoms with E-state index in [9.17, 15) is 0 Å². The predicted octanol–water partition coefficient (Wildman–Crippen LogP) is 1.39. The van der Waals surface area contributed by atoms with Gasteiger partial charge in [-0.2, -0.15) is 0 Å². The molecule has 0 spiro atoms. The Morgan fingerprint density at radius 2 is 1.80 bits per heavy atom. The van der Waals surface area contributed by atoms with E-state index in [-0.39, 0.29) is 0 Å². The zero-order valence-corrected chi connectivity index (χ0v) is 10.1. The molecule has 1 aliphatic carbocycles. The first kappa shape index (κ1) is 12.9. The number of methoxy groups -OCH3 is 1.